The Hall–Kier alpha value is -2.62. The fourth-order valence-electron chi connectivity index (χ4n) is 3.03. The maximum atomic E-state index is 13.4. The summed E-state index contributed by atoms with van der Waals surface area (Å²) in [6.07, 6.45) is -4.61. The van der Waals surface area contributed by atoms with Crippen molar-refractivity contribution < 1.29 is 27.9 Å². The van der Waals surface area contributed by atoms with Crippen molar-refractivity contribution in [2.75, 3.05) is 6.54 Å². The van der Waals surface area contributed by atoms with Crippen LogP contribution in [0.4, 0.5) is 18.0 Å². The van der Waals surface area contributed by atoms with Crippen LogP contribution in [0.3, 0.4) is 0 Å². The van der Waals surface area contributed by atoms with Gasteiger partial charge in [0.05, 0.1) is 11.6 Å². The number of amides is 2. The van der Waals surface area contributed by atoms with Crippen LogP contribution < -0.4 is 5.32 Å². The van der Waals surface area contributed by atoms with E-state index in [0.29, 0.717) is 4.47 Å². The number of rotatable bonds is 6. The van der Waals surface area contributed by atoms with Crippen LogP contribution in [-0.2, 0) is 12.6 Å². The van der Waals surface area contributed by atoms with Gasteiger partial charge in [-0.3, -0.25) is 4.79 Å². The fourth-order valence-corrected chi connectivity index (χ4v) is 3.26. The van der Waals surface area contributed by atoms with Crippen LogP contribution in [0.2, 0.25) is 0 Å². The van der Waals surface area contributed by atoms with E-state index in [2.05, 4.69) is 26.2 Å². The number of nitrogens with one attached hydrogen (secondary N) is 1. The molecular formula is C21H23BrF3N3O3. The molecule has 0 unspecified atom stereocenters. The van der Waals surface area contributed by atoms with Gasteiger partial charge in [0.15, 0.2) is 0 Å². The first kappa shape index (κ1) is 24.6. The highest BCUT2D eigenvalue weighted by atomic mass is 79.9. The third-order valence-corrected chi connectivity index (χ3v) is 5.00. The van der Waals surface area contributed by atoms with Gasteiger partial charge in [-0.05, 0) is 66.9 Å². The molecule has 6 nitrogen and oxygen atoms in total. The van der Waals surface area contributed by atoms with E-state index in [1.54, 1.807) is 26.8 Å². The Labute approximate surface area is 186 Å². The molecule has 1 aromatic heterocycles. The van der Waals surface area contributed by atoms with Crippen LogP contribution in [-0.4, -0.2) is 45.1 Å². The molecule has 2 N–H and O–H groups in total. The van der Waals surface area contributed by atoms with Gasteiger partial charge in [-0.2, -0.15) is 13.2 Å². The minimum atomic E-state index is -4.57. The molecule has 2 amide bonds. The van der Waals surface area contributed by atoms with E-state index < -0.39 is 35.3 Å². The Kier molecular flexibility index (Phi) is 7.69. The Morgan fingerprint density at radius 1 is 1.16 bits per heavy atom. The van der Waals surface area contributed by atoms with Gasteiger partial charge in [-0.25, -0.2) is 9.78 Å². The third-order valence-electron chi connectivity index (χ3n) is 4.53. The van der Waals surface area contributed by atoms with E-state index in [9.17, 15) is 27.9 Å². The molecule has 0 aliphatic heterocycles. The monoisotopic (exact) mass is 501 g/mol. The number of benzene rings is 1. The number of halogens is 4. The highest BCUT2D eigenvalue weighted by Gasteiger charge is 2.35. The topological polar surface area (TPSA) is 82.5 Å². The second-order valence-corrected chi connectivity index (χ2v) is 8.87. The highest BCUT2D eigenvalue weighted by molar-refractivity contribution is 9.10. The van der Waals surface area contributed by atoms with Crippen molar-refractivity contribution in [2.45, 2.75) is 44.9 Å². The number of nitrogens with zero attached hydrogens (tertiary/aromatic N) is 2. The highest BCUT2D eigenvalue weighted by Crippen LogP contribution is 2.32. The van der Waals surface area contributed by atoms with Crippen LogP contribution in [0.15, 0.2) is 47.1 Å². The average Bonchev–Trinajstić information content (AvgIpc) is 2.64. The molecule has 2 aromatic rings. The number of hydrogen-bond acceptors (Lipinski definition) is 3. The van der Waals surface area contributed by atoms with Gasteiger partial charge < -0.3 is 15.3 Å². The van der Waals surface area contributed by atoms with E-state index in [-0.39, 0.29) is 24.2 Å². The minimum absolute atomic E-state index is 0.0386. The summed E-state index contributed by atoms with van der Waals surface area (Å²) in [5.74, 6) is -0.610. The number of aromatic nitrogens is 1. The quantitative estimate of drug-likeness (QED) is 0.584. The maximum Gasteiger partial charge on any atom is 0.416 e. The molecule has 2 rings (SSSR count). The first-order chi connectivity index (χ1) is 14.3. The second kappa shape index (κ2) is 9.67. The molecule has 10 heteroatoms. The lowest BCUT2D eigenvalue weighted by atomic mass is 9.97. The van der Waals surface area contributed by atoms with Gasteiger partial charge >= 0.3 is 12.3 Å². The summed E-state index contributed by atoms with van der Waals surface area (Å²) in [6.45, 7) is 4.80. The number of alkyl halides is 3. The molecule has 0 radical (unpaired) electrons. The molecule has 1 heterocycles. The molecule has 0 fully saturated rings. The minimum Gasteiger partial charge on any atom is -0.465 e. The Morgan fingerprint density at radius 3 is 2.32 bits per heavy atom. The lowest BCUT2D eigenvalue weighted by Crippen LogP contribution is -2.53. The molecule has 168 valence electrons. The summed E-state index contributed by atoms with van der Waals surface area (Å²) >= 11 is 3.21. The summed E-state index contributed by atoms with van der Waals surface area (Å²) in [5, 5.41) is 12.3. The molecule has 1 atom stereocenters. The Balaban J connectivity index is 2.37. The molecule has 31 heavy (non-hydrogen) atoms. The number of pyridine rings is 1. The van der Waals surface area contributed by atoms with Crippen LogP contribution in [0, 0.1) is 0 Å². The van der Waals surface area contributed by atoms with Gasteiger partial charge in [0.1, 0.15) is 5.69 Å². The van der Waals surface area contributed by atoms with Gasteiger partial charge in [-0.1, -0.05) is 18.2 Å². The lowest BCUT2D eigenvalue weighted by molar-refractivity contribution is -0.138. The first-order valence-electron chi connectivity index (χ1n) is 9.37. The van der Waals surface area contributed by atoms with Crippen LogP contribution in [0.1, 0.15) is 42.4 Å². The fraction of sp³-hybridized carbons (Fsp3) is 0.381. The predicted molar refractivity (Wildman–Crippen MR) is 113 cm³/mol. The zero-order valence-corrected chi connectivity index (χ0v) is 18.8. The number of carbonyl (C=O) groups excluding carboxylic acids is 1. The Morgan fingerprint density at radius 2 is 1.81 bits per heavy atom. The van der Waals surface area contributed by atoms with E-state index in [4.69, 9.17) is 0 Å². The van der Waals surface area contributed by atoms with Crippen LogP contribution >= 0.6 is 15.9 Å². The zero-order valence-electron chi connectivity index (χ0n) is 17.2. The summed E-state index contributed by atoms with van der Waals surface area (Å²) in [7, 11) is 0. The number of carbonyl (C=O) groups is 2. The largest absolute Gasteiger partial charge is 0.465 e. The van der Waals surface area contributed by atoms with Crippen molar-refractivity contribution in [1.29, 1.82) is 0 Å². The Bertz CT molecular complexity index is 928. The van der Waals surface area contributed by atoms with Crippen LogP contribution in [0.5, 0.6) is 0 Å². The van der Waals surface area contributed by atoms with E-state index in [0.717, 1.165) is 11.0 Å². The van der Waals surface area contributed by atoms with E-state index in [1.165, 1.54) is 30.5 Å². The van der Waals surface area contributed by atoms with Crippen molar-refractivity contribution in [3.05, 3.63) is 63.9 Å². The van der Waals surface area contributed by atoms with Crippen molar-refractivity contribution in [2.24, 2.45) is 0 Å². The smallest absolute Gasteiger partial charge is 0.416 e. The molecular weight excluding hydrogens is 479 g/mol. The predicted octanol–water partition coefficient (Wildman–Crippen LogP) is 4.98. The second-order valence-electron chi connectivity index (χ2n) is 7.96. The molecule has 0 aliphatic rings. The van der Waals surface area contributed by atoms with Crippen molar-refractivity contribution in [3.8, 4) is 0 Å². The van der Waals surface area contributed by atoms with Gasteiger partial charge in [0, 0.05) is 22.8 Å². The first-order valence-corrected chi connectivity index (χ1v) is 10.2. The van der Waals surface area contributed by atoms with Gasteiger partial charge in [-0.15, -0.1) is 0 Å². The summed E-state index contributed by atoms with van der Waals surface area (Å²) in [6, 6.07) is 7.18. The maximum absolute atomic E-state index is 13.4. The van der Waals surface area contributed by atoms with E-state index >= 15 is 0 Å². The number of carboxylic acid groups (broad SMARTS) is 1. The molecule has 0 spiro atoms. The normalized spacial score (nSPS) is 12.9. The third kappa shape index (κ3) is 6.95. The molecule has 0 aliphatic carbocycles. The molecule has 0 saturated heterocycles. The lowest BCUT2D eigenvalue weighted by Gasteiger charge is -2.36. The van der Waals surface area contributed by atoms with Crippen molar-refractivity contribution in [3.63, 3.8) is 0 Å². The summed E-state index contributed by atoms with van der Waals surface area (Å²) in [5.41, 5.74) is -1.62. The summed E-state index contributed by atoms with van der Waals surface area (Å²) < 4.78 is 41.0. The zero-order chi connectivity index (χ0) is 23.4. The summed E-state index contributed by atoms with van der Waals surface area (Å²) in [4.78, 5) is 29.5. The van der Waals surface area contributed by atoms with Crippen LogP contribution in [0.25, 0.3) is 0 Å². The standard InChI is InChI=1S/C21H23BrF3N3O3/c1-20(2,3)28(19(30)31)12-15(27-18(29)17-9-8-14(22)11-26-17)10-13-6-4-5-7-16(13)21(23,24)25/h4-9,11,15H,10,12H2,1-3H3,(H,27,29)(H,30,31)/t15-/m1/s1. The number of hydrogen-bond donors (Lipinski definition) is 2. The molecule has 1 aromatic carbocycles. The molecule has 0 bridgehead atoms. The van der Waals surface area contributed by atoms with E-state index in [1.807, 2.05) is 0 Å². The van der Waals surface area contributed by atoms with Gasteiger partial charge in [0.2, 0.25) is 0 Å². The SMILES string of the molecule is CC(C)(C)N(C[C@@H](Cc1ccccc1C(F)(F)F)NC(=O)c1ccc(Br)cn1)C(=O)O. The van der Waals surface area contributed by atoms with Crippen molar-refractivity contribution in [1.82, 2.24) is 15.2 Å². The average molecular weight is 502 g/mol. The van der Waals surface area contributed by atoms with Crippen molar-refractivity contribution >= 4 is 27.9 Å². The van der Waals surface area contributed by atoms with Gasteiger partial charge in [0.25, 0.3) is 5.91 Å². The molecule has 0 saturated carbocycles.